The summed E-state index contributed by atoms with van der Waals surface area (Å²) in [5.74, 6) is 0.273. The number of H-pyrrole nitrogens is 1. The summed E-state index contributed by atoms with van der Waals surface area (Å²) in [6.07, 6.45) is 0.226. The van der Waals surface area contributed by atoms with E-state index in [0.717, 1.165) is 5.56 Å². The number of hydrogen-bond acceptors (Lipinski definition) is 5. The Balaban J connectivity index is 2.19. The van der Waals surface area contributed by atoms with E-state index in [0.29, 0.717) is 5.82 Å². The van der Waals surface area contributed by atoms with Crippen molar-refractivity contribution < 1.29 is 9.53 Å². The molecule has 22 heavy (non-hydrogen) atoms. The number of rotatable bonds is 5. The lowest BCUT2D eigenvalue weighted by Crippen LogP contribution is -2.26. The van der Waals surface area contributed by atoms with Crippen LogP contribution in [0, 0.1) is 0 Å². The first-order chi connectivity index (χ1) is 10.4. The quantitative estimate of drug-likeness (QED) is 0.859. The Kier molecular flexibility index (Phi) is 4.90. The smallest absolute Gasteiger partial charge is 0.307 e. The molecule has 1 aromatic heterocycles. The molecule has 118 valence electrons. The van der Waals surface area contributed by atoms with Gasteiger partial charge >= 0.3 is 5.97 Å². The number of carbonyl (C=O) groups excluding carboxylic acids is 1. The summed E-state index contributed by atoms with van der Waals surface area (Å²) in [4.78, 5) is 12.2. The van der Waals surface area contributed by atoms with Crippen molar-refractivity contribution in [2.75, 3.05) is 0 Å². The maximum Gasteiger partial charge on any atom is 0.307 e. The van der Waals surface area contributed by atoms with Crippen LogP contribution >= 0.6 is 0 Å². The first-order valence-electron chi connectivity index (χ1n) is 7.37. The lowest BCUT2D eigenvalue weighted by atomic mass is 9.85. The minimum atomic E-state index is -0.503. The van der Waals surface area contributed by atoms with Crippen LogP contribution in [0.5, 0.6) is 0 Å². The largest absolute Gasteiger partial charge is 0.460 e. The molecular weight excluding hydrogens is 280 g/mol. The first kappa shape index (κ1) is 16.1. The predicted molar refractivity (Wildman–Crippen MR) is 82.2 cm³/mol. The van der Waals surface area contributed by atoms with E-state index >= 15 is 0 Å². The fourth-order valence-corrected chi connectivity index (χ4v) is 2.39. The molecule has 0 fully saturated rings. The SMILES string of the molecule is CC(c1ccccc1)C(CC(=O)OC(C)(C)C)c1nnn[nH]1. The maximum atomic E-state index is 12.2. The number of ether oxygens (including phenoxy) is 1. The Morgan fingerprint density at radius 1 is 1.27 bits per heavy atom. The highest BCUT2D eigenvalue weighted by atomic mass is 16.6. The van der Waals surface area contributed by atoms with Crippen LogP contribution in [0.15, 0.2) is 30.3 Å². The Morgan fingerprint density at radius 2 is 1.95 bits per heavy atom. The number of benzene rings is 1. The van der Waals surface area contributed by atoms with Gasteiger partial charge in [-0.15, -0.1) is 5.10 Å². The summed E-state index contributed by atoms with van der Waals surface area (Å²) in [5.41, 5.74) is 0.629. The lowest BCUT2D eigenvalue weighted by Gasteiger charge is -2.24. The van der Waals surface area contributed by atoms with Crippen molar-refractivity contribution in [3.05, 3.63) is 41.7 Å². The molecule has 2 rings (SSSR count). The van der Waals surface area contributed by atoms with E-state index in [1.54, 1.807) is 0 Å². The molecule has 0 bridgehead atoms. The molecule has 1 N–H and O–H groups in total. The molecule has 0 spiro atoms. The third-order valence-electron chi connectivity index (χ3n) is 3.45. The summed E-state index contributed by atoms with van der Waals surface area (Å²) >= 11 is 0. The topological polar surface area (TPSA) is 80.8 Å². The number of aromatic amines is 1. The van der Waals surface area contributed by atoms with Crippen LogP contribution in [0.25, 0.3) is 0 Å². The molecule has 0 saturated heterocycles. The Labute approximate surface area is 130 Å². The second-order valence-corrected chi connectivity index (χ2v) is 6.38. The predicted octanol–water partition coefficient (Wildman–Crippen LogP) is 2.82. The maximum absolute atomic E-state index is 12.2. The van der Waals surface area contributed by atoms with Crippen molar-refractivity contribution in [2.24, 2.45) is 0 Å². The number of tetrazole rings is 1. The lowest BCUT2D eigenvalue weighted by molar-refractivity contribution is -0.155. The van der Waals surface area contributed by atoms with E-state index in [9.17, 15) is 4.79 Å². The molecule has 0 amide bonds. The molecule has 6 nitrogen and oxygen atoms in total. The number of hydrogen-bond donors (Lipinski definition) is 1. The zero-order valence-electron chi connectivity index (χ0n) is 13.4. The molecule has 0 aliphatic rings. The van der Waals surface area contributed by atoms with Gasteiger partial charge in [-0.25, -0.2) is 5.10 Å². The third kappa shape index (κ3) is 4.38. The van der Waals surface area contributed by atoms with Gasteiger partial charge in [0.15, 0.2) is 5.82 Å². The van der Waals surface area contributed by atoms with E-state index in [1.165, 1.54) is 0 Å². The fourth-order valence-electron chi connectivity index (χ4n) is 2.39. The zero-order chi connectivity index (χ0) is 16.2. The van der Waals surface area contributed by atoms with Crippen molar-refractivity contribution in [3.63, 3.8) is 0 Å². The second kappa shape index (κ2) is 6.68. The highest BCUT2D eigenvalue weighted by molar-refractivity contribution is 5.71. The third-order valence-corrected chi connectivity index (χ3v) is 3.45. The number of carbonyl (C=O) groups is 1. The molecule has 2 unspecified atom stereocenters. The Hall–Kier alpha value is -2.24. The van der Waals surface area contributed by atoms with Gasteiger partial charge < -0.3 is 4.74 Å². The van der Waals surface area contributed by atoms with Crippen LogP contribution in [0.1, 0.15) is 57.3 Å². The molecule has 0 radical (unpaired) electrons. The van der Waals surface area contributed by atoms with Crippen molar-refractivity contribution in [1.82, 2.24) is 20.6 Å². The molecule has 0 saturated carbocycles. The number of aromatic nitrogens is 4. The van der Waals surface area contributed by atoms with E-state index in [1.807, 2.05) is 51.1 Å². The van der Waals surface area contributed by atoms with Crippen LogP contribution < -0.4 is 0 Å². The van der Waals surface area contributed by atoms with Crippen molar-refractivity contribution >= 4 is 5.97 Å². The van der Waals surface area contributed by atoms with Crippen LogP contribution in [0.2, 0.25) is 0 Å². The van der Waals surface area contributed by atoms with Gasteiger partial charge in [-0.3, -0.25) is 4.79 Å². The molecule has 2 aromatic rings. The van der Waals surface area contributed by atoms with Crippen LogP contribution in [-0.4, -0.2) is 32.2 Å². The Bertz CT molecular complexity index is 590. The summed E-state index contributed by atoms with van der Waals surface area (Å²) < 4.78 is 5.43. The number of nitrogens with zero attached hydrogens (tertiary/aromatic N) is 3. The number of esters is 1. The molecule has 1 heterocycles. The highest BCUT2D eigenvalue weighted by Crippen LogP contribution is 2.33. The monoisotopic (exact) mass is 302 g/mol. The van der Waals surface area contributed by atoms with Crippen molar-refractivity contribution in [3.8, 4) is 0 Å². The van der Waals surface area contributed by atoms with Crippen LogP contribution in [-0.2, 0) is 9.53 Å². The second-order valence-electron chi connectivity index (χ2n) is 6.38. The highest BCUT2D eigenvalue weighted by Gasteiger charge is 2.29. The molecule has 0 aliphatic heterocycles. The van der Waals surface area contributed by atoms with Gasteiger partial charge in [0, 0.05) is 5.92 Å². The van der Waals surface area contributed by atoms with Crippen LogP contribution in [0.4, 0.5) is 0 Å². The summed E-state index contributed by atoms with van der Waals surface area (Å²) in [5, 5.41) is 14.0. The Morgan fingerprint density at radius 3 is 2.50 bits per heavy atom. The van der Waals surface area contributed by atoms with Crippen molar-refractivity contribution in [1.29, 1.82) is 0 Å². The molecule has 6 heteroatoms. The molecule has 1 aromatic carbocycles. The van der Waals surface area contributed by atoms with Gasteiger partial charge in [-0.2, -0.15) is 0 Å². The van der Waals surface area contributed by atoms with Gasteiger partial charge in [0.1, 0.15) is 5.60 Å². The van der Waals surface area contributed by atoms with E-state index in [4.69, 9.17) is 4.74 Å². The van der Waals surface area contributed by atoms with Gasteiger partial charge in [0.2, 0.25) is 0 Å². The standard InChI is InChI=1S/C16H22N4O2/c1-11(12-8-6-5-7-9-12)13(15-17-19-20-18-15)10-14(21)22-16(2,3)4/h5-9,11,13H,10H2,1-4H3,(H,17,18,19,20). The first-order valence-corrected chi connectivity index (χ1v) is 7.37. The van der Waals surface area contributed by atoms with Gasteiger partial charge in [0.25, 0.3) is 0 Å². The van der Waals surface area contributed by atoms with E-state index in [-0.39, 0.29) is 24.2 Å². The van der Waals surface area contributed by atoms with E-state index < -0.39 is 5.60 Å². The van der Waals surface area contributed by atoms with Gasteiger partial charge in [-0.05, 0) is 42.7 Å². The minimum Gasteiger partial charge on any atom is -0.460 e. The fraction of sp³-hybridized carbons (Fsp3) is 0.500. The normalized spacial score (nSPS) is 14.4. The summed E-state index contributed by atoms with van der Waals surface area (Å²) in [6.45, 7) is 7.64. The average molecular weight is 302 g/mol. The molecular formula is C16H22N4O2. The summed E-state index contributed by atoms with van der Waals surface area (Å²) in [6, 6.07) is 10.0. The van der Waals surface area contributed by atoms with Gasteiger partial charge in [0.05, 0.1) is 6.42 Å². The molecule has 2 atom stereocenters. The van der Waals surface area contributed by atoms with E-state index in [2.05, 4.69) is 27.5 Å². The number of nitrogens with one attached hydrogen (secondary N) is 1. The average Bonchev–Trinajstić information content (AvgIpc) is 2.97. The zero-order valence-corrected chi connectivity index (χ0v) is 13.4. The van der Waals surface area contributed by atoms with Crippen LogP contribution in [0.3, 0.4) is 0 Å². The minimum absolute atomic E-state index is 0.0865. The summed E-state index contributed by atoms with van der Waals surface area (Å²) in [7, 11) is 0. The van der Waals surface area contributed by atoms with Gasteiger partial charge in [-0.1, -0.05) is 37.3 Å². The molecule has 0 aliphatic carbocycles. The van der Waals surface area contributed by atoms with Crippen molar-refractivity contribution in [2.45, 2.75) is 51.6 Å².